The lowest BCUT2D eigenvalue weighted by Gasteiger charge is -2.30. The maximum Gasteiger partial charge on any atom is 0.187 e. The lowest BCUT2D eigenvalue weighted by molar-refractivity contribution is 0.0629. The van der Waals surface area contributed by atoms with Crippen molar-refractivity contribution >= 4 is 36.5 Å². The largest absolute Gasteiger partial charge is 0.396 e. The molecule has 0 fully saturated rings. The first-order valence-corrected chi connectivity index (χ1v) is 14.3. The quantitative estimate of drug-likeness (QED) is 0.427. The molecular formula is C7H21ClO2Si3. The van der Waals surface area contributed by atoms with Crippen molar-refractivity contribution in [2.75, 3.05) is 0 Å². The molecule has 0 spiro atoms. The van der Waals surface area contributed by atoms with Gasteiger partial charge in [0.25, 0.3) is 0 Å². The van der Waals surface area contributed by atoms with Gasteiger partial charge in [-0.05, 0) is 39.3 Å². The van der Waals surface area contributed by atoms with Crippen molar-refractivity contribution in [3.8, 4) is 0 Å². The van der Waals surface area contributed by atoms with Gasteiger partial charge in [0.15, 0.2) is 25.5 Å². The summed E-state index contributed by atoms with van der Waals surface area (Å²) >= 11 is 5.91. The van der Waals surface area contributed by atoms with Crippen LogP contribution in [0.4, 0.5) is 0 Å². The smallest absolute Gasteiger partial charge is 0.187 e. The number of hydrogen-bond acceptors (Lipinski definition) is 2. The van der Waals surface area contributed by atoms with Crippen LogP contribution in [0.15, 0.2) is 0 Å². The molecule has 0 N–H and O–H groups in total. The Labute approximate surface area is 90.7 Å². The predicted molar refractivity (Wildman–Crippen MR) is 67.0 cm³/mol. The van der Waals surface area contributed by atoms with Crippen LogP contribution < -0.4 is 0 Å². The van der Waals surface area contributed by atoms with E-state index >= 15 is 0 Å². The van der Waals surface area contributed by atoms with E-state index in [4.69, 9.17) is 19.9 Å². The average Bonchev–Trinajstić information content (AvgIpc) is 1.79. The Morgan fingerprint density at radius 3 is 1.38 bits per heavy atom. The molecule has 0 rings (SSSR count). The van der Waals surface area contributed by atoms with Crippen LogP contribution in [0.5, 0.6) is 0 Å². The highest BCUT2D eigenvalue weighted by Crippen LogP contribution is 2.13. The molecule has 0 aliphatic rings. The molecule has 13 heavy (non-hydrogen) atoms. The Morgan fingerprint density at radius 2 is 1.23 bits per heavy atom. The monoisotopic (exact) mass is 256 g/mol. The van der Waals surface area contributed by atoms with Gasteiger partial charge in [-0.1, -0.05) is 0 Å². The van der Waals surface area contributed by atoms with Crippen LogP contribution in [-0.2, 0) is 8.85 Å². The van der Waals surface area contributed by atoms with Gasteiger partial charge in [0, 0.05) is 0 Å². The van der Waals surface area contributed by atoms with E-state index in [2.05, 4.69) is 39.3 Å². The van der Waals surface area contributed by atoms with E-state index in [1.165, 1.54) is 0 Å². The zero-order valence-electron chi connectivity index (χ0n) is 9.48. The average molecular weight is 257 g/mol. The van der Waals surface area contributed by atoms with E-state index in [9.17, 15) is 0 Å². The third-order valence-corrected chi connectivity index (χ3v) is 5.04. The van der Waals surface area contributed by atoms with Crippen molar-refractivity contribution in [2.45, 2.75) is 45.2 Å². The van der Waals surface area contributed by atoms with Gasteiger partial charge in [-0.2, -0.15) is 11.1 Å². The molecule has 6 heteroatoms. The zero-order valence-corrected chi connectivity index (χ0v) is 13.6. The van der Waals surface area contributed by atoms with Crippen LogP contribution in [-0.4, -0.2) is 31.4 Å². The topological polar surface area (TPSA) is 18.5 Å². The predicted octanol–water partition coefficient (Wildman–Crippen LogP) is 2.30. The molecule has 0 unspecified atom stereocenters. The third-order valence-electron chi connectivity index (χ3n) is 1.10. The van der Waals surface area contributed by atoms with E-state index < -0.39 is 25.5 Å². The molecule has 0 aliphatic heterocycles. The van der Waals surface area contributed by atoms with Gasteiger partial charge in [-0.15, -0.1) is 0 Å². The molecule has 0 aliphatic carbocycles. The number of rotatable bonds is 5. The van der Waals surface area contributed by atoms with E-state index in [0.717, 1.165) is 0 Å². The molecule has 0 aromatic rings. The Morgan fingerprint density at radius 1 is 0.923 bits per heavy atom. The van der Waals surface area contributed by atoms with Crippen LogP contribution in [0.3, 0.4) is 0 Å². The fourth-order valence-corrected chi connectivity index (χ4v) is 7.28. The zero-order chi connectivity index (χ0) is 10.7. The number of hydrogen-bond donors (Lipinski definition) is 0. The van der Waals surface area contributed by atoms with E-state index in [0.29, 0.717) is 0 Å². The second-order valence-electron chi connectivity index (χ2n) is 5.04. The second kappa shape index (κ2) is 5.09. The number of halogens is 1. The van der Waals surface area contributed by atoms with Gasteiger partial charge in [-0.25, -0.2) is 0 Å². The summed E-state index contributed by atoms with van der Waals surface area (Å²) in [6.45, 7) is 13.0. The standard InChI is InChI=1S/C7H21ClO2Si3/c1-12(2,3)9-7(11-8)10-13(4,5)6/h7H,11H2,1-6H3. The molecular weight excluding hydrogens is 236 g/mol. The highest BCUT2D eigenvalue weighted by molar-refractivity contribution is 6.94. The van der Waals surface area contributed by atoms with Gasteiger partial charge < -0.3 is 8.85 Å². The maximum atomic E-state index is 5.91. The van der Waals surface area contributed by atoms with Crippen molar-refractivity contribution in [1.82, 2.24) is 0 Å². The summed E-state index contributed by atoms with van der Waals surface area (Å²) < 4.78 is 11.7. The molecule has 0 bridgehead atoms. The van der Waals surface area contributed by atoms with Gasteiger partial charge in [0.1, 0.15) is 5.91 Å². The molecule has 0 saturated carbocycles. The lowest BCUT2D eigenvalue weighted by Crippen LogP contribution is -2.41. The lowest BCUT2D eigenvalue weighted by atomic mass is 11.5. The minimum Gasteiger partial charge on any atom is -0.396 e. The summed E-state index contributed by atoms with van der Waals surface area (Å²) in [4.78, 5) is 0. The Bertz CT molecular complexity index is 137. The summed E-state index contributed by atoms with van der Waals surface area (Å²) in [7, 11) is -3.72. The molecule has 0 amide bonds. The molecule has 0 radical (unpaired) electrons. The van der Waals surface area contributed by atoms with Crippen molar-refractivity contribution in [2.24, 2.45) is 0 Å². The first kappa shape index (κ1) is 13.9. The molecule has 0 aromatic heterocycles. The van der Waals surface area contributed by atoms with Gasteiger partial charge in [-0.3, -0.25) is 0 Å². The van der Waals surface area contributed by atoms with Crippen molar-refractivity contribution in [1.29, 1.82) is 0 Å². The molecule has 0 heterocycles. The van der Waals surface area contributed by atoms with Crippen LogP contribution in [0.2, 0.25) is 39.3 Å². The SMILES string of the molecule is C[Si](C)(C)OC(O[Si](C)(C)C)[SiH2]Cl. The minimum absolute atomic E-state index is 0.0694. The summed E-state index contributed by atoms with van der Waals surface area (Å²) in [6, 6.07) is 0. The highest BCUT2D eigenvalue weighted by Gasteiger charge is 2.26. The van der Waals surface area contributed by atoms with Crippen molar-refractivity contribution in [3.05, 3.63) is 0 Å². The van der Waals surface area contributed by atoms with E-state index in [1.54, 1.807) is 0 Å². The van der Waals surface area contributed by atoms with Crippen LogP contribution in [0, 0.1) is 0 Å². The summed E-state index contributed by atoms with van der Waals surface area (Å²) in [5.41, 5.74) is 0. The van der Waals surface area contributed by atoms with E-state index in [1.807, 2.05) is 0 Å². The Kier molecular flexibility index (Phi) is 5.42. The van der Waals surface area contributed by atoms with Crippen LogP contribution in [0.25, 0.3) is 0 Å². The van der Waals surface area contributed by atoms with Crippen molar-refractivity contribution in [3.63, 3.8) is 0 Å². The van der Waals surface area contributed by atoms with Gasteiger partial charge in [0.05, 0.1) is 0 Å². The maximum absolute atomic E-state index is 5.91. The van der Waals surface area contributed by atoms with Gasteiger partial charge in [0.2, 0.25) is 0 Å². The van der Waals surface area contributed by atoms with Crippen molar-refractivity contribution < 1.29 is 8.85 Å². The van der Waals surface area contributed by atoms with Crippen LogP contribution in [0.1, 0.15) is 0 Å². The second-order valence-corrected chi connectivity index (χ2v) is 15.9. The summed E-state index contributed by atoms with van der Waals surface area (Å²) in [6.07, 6.45) is 0. The molecule has 0 aromatic carbocycles. The Hall–Kier alpha value is 0.861. The normalized spacial score (nSPS) is 14.8. The van der Waals surface area contributed by atoms with Gasteiger partial charge >= 0.3 is 0 Å². The fraction of sp³-hybridized carbons (Fsp3) is 1.00. The third kappa shape index (κ3) is 9.17. The molecule has 80 valence electrons. The molecule has 0 atom stereocenters. The highest BCUT2D eigenvalue weighted by atomic mass is 35.6. The summed E-state index contributed by atoms with van der Waals surface area (Å²) in [5.74, 6) is -0.0694. The molecule has 2 nitrogen and oxygen atoms in total. The fourth-order valence-electron chi connectivity index (χ4n) is 0.876. The summed E-state index contributed by atoms with van der Waals surface area (Å²) in [5, 5.41) is 0. The molecule has 0 saturated heterocycles. The first-order chi connectivity index (χ1) is 5.64. The minimum atomic E-state index is -1.49. The first-order valence-electron chi connectivity index (χ1n) is 4.56. The van der Waals surface area contributed by atoms with Crippen LogP contribution >= 0.6 is 11.1 Å². The Balaban J connectivity index is 4.05. The van der Waals surface area contributed by atoms with E-state index in [-0.39, 0.29) is 5.91 Å².